The van der Waals surface area contributed by atoms with E-state index in [2.05, 4.69) is 55.2 Å². The first kappa shape index (κ1) is 24.2. The van der Waals surface area contributed by atoms with Crippen LogP contribution in [-0.4, -0.2) is 12.8 Å². The highest BCUT2D eigenvalue weighted by atomic mass is 16.5. The van der Waals surface area contributed by atoms with Crippen molar-refractivity contribution in [3.8, 4) is 5.75 Å². The van der Waals surface area contributed by atoms with Gasteiger partial charge in [0, 0.05) is 6.21 Å². The normalized spacial score (nSPS) is 11.3. The molecule has 0 aliphatic carbocycles. The van der Waals surface area contributed by atoms with Crippen molar-refractivity contribution in [1.29, 1.82) is 0 Å². The van der Waals surface area contributed by atoms with Gasteiger partial charge in [0.1, 0.15) is 5.75 Å². The summed E-state index contributed by atoms with van der Waals surface area (Å²) in [6.07, 6.45) is 18.0. The second kappa shape index (κ2) is 15.7. The summed E-state index contributed by atoms with van der Waals surface area (Å²) in [6, 6.07) is 16.6. The number of hydrogen-bond acceptors (Lipinski definition) is 2. The van der Waals surface area contributed by atoms with Gasteiger partial charge in [-0.25, -0.2) is 0 Å². The Morgan fingerprint density at radius 3 is 1.80 bits per heavy atom. The maximum atomic E-state index is 5.89. The molecule has 0 fully saturated rings. The van der Waals surface area contributed by atoms with Crippen LogP contribution in [0.25, 0.3) is 0 Å². The third-order valence-electron chi connectivity index (χ3n) is 5.60. The Kier molecular flexibility index (Phi) is 12.7. The van der Waals surface area contributed by atoms with Gasteiger partial charge in [-0.15, -0.1) is 0 Å². The molecule has 0 bridgehead atoms. The molecule has 164 valence electrons. The molecule has 30 heavy (non-hydrogen) atoms. The standard InChI is InChI=1S/C28H41NO/c1-3-5-6-7-8-9-10-11-12-13-14-23-30-28-21-17-26(18-22-28)24-29-27-19-15-25(4-2)16-20-27/h15-22,24H,3-14,23H2,1-2H3. The van der Waals surface area contributed by atoms with Gasteiger partial charge in [0.2, 0.25) is 0 Å². The van der Waals surface area contributed by atoms with Crippen LogP contribution in [0.2, 0.25) is 0 Å². The molecule has 0 N–H and O–H groups in total. The van der Waals surface area contributed by atoms with Crippen LogP contribution >= 0.6 is 0 Å². The summed E-state index contributed by atoms with van der Waals surface area (Å²) in [5.74, 6) is 0.950. The van der Waals surface area contributed by atoms with Gasteiger partial charge in [-0.3, -0.25) is 4.99 Å². The highest BCUT2D eigenvalue weighted by Gasteiger charge is 1.97. The van der Waals surface area contributed by atoms with E-state index < -0.39 is 0 Å². The minimum atomic E-state index is 0.814. The fourth-order valence-corrected chi connectivity index (χ4v) is 3.57. The molecule has 0 aliphatic heterocycles. The Hall–Kier alpha value is -2.09. The monoisotopic (exact) mass is 407 g/mol. The molecule has 0 heterocycles. The van der Waals surface area contributed by atoms with Crippen molar-refractivity contribution in [2.75, 3.05) is 6.61 Å². The van der Waals surface area contributed by atoms with Crippen molar-refractivity contribution in [1.82, 2.24) is 0 Å². The van der Waals surface area contributed by atoms with Gasteiger partial charge in [0.15, 0.2) is 0 Å². The third kappa shape index (κ3) is 10.6. The second-order valence-corrected chi connectivity index (χ2v) is 8.23. The van der Waals surface area contributed by atoms with Crippen LogP contribution in [0, 0.1) is 0 Å². The molecule has 2 rings (SSSR count). The van der Waals surface area contributed by atoms with E-state index in [1.165, 1.54) is 69.8 Å². The average Bonchev–Trinajstić information content (AvgIpc) is 2.79. The summed E-state index contributed by atoms with van der Waals surface area (Å²) in [7, 11) is 0. The number of hydrogen-bond donors (Lipinski definition) is 0. The Balaban J connectivity index is 1.53. The molecule has 0 spiro atoms. The van der Waals surface area contributed by atoms with Gasteiger partial charge >= 0.3 is 0 Å². The van der Waals surface area contributed by atoms with E-state index in [-0.39, 0.29) is 0 Å². The molecule has 2 aromatic rings. The molecule has 0 saturated carbocycles. The maximum absolute atomic E-state index is 5.89. The number of aliphatic imine (C=N–C) groups is 1. The van der Waals surface area contributed by atoms with Gasteiger partial charge in [-0.2, -0.15) is 0 Å². The first-order chi connectivity index (χ1) is 14.8. The van der Waals surface area contributed by atoms with Gasteiger partial charge in [-0.05, 0) is 60.4 Å². The Labute approximate surface area is 184 Å². The van der Waals surface area contributed by atoms with Gasteiger partial charge in [0.05, 0.1) is 12.3 Å². The largest absolute Gasteiger partial charge is 0.494 e. The second-order valence-electron chi connectivity index (χ2n) is 8.23. The number of benzene rings is 2. The van der Waals surface area contributed by atoms with Crippen molar-refractivity contribution in [2.24, 2.45) is 4.99 Å². The topological polar surface area (TPSA) is 21.6 Å². The molecule has 2 heteroatoms. The molecule has 0 aliphatic rings. The van der Waals surface area contributed by atoms with Crippen LogP contribution in [0.4, 0.5) is 5.69 Å². The summed E-state index contributed by atoms with van der Waals surface area (Å²) in [5.41, 5.74) is 3.42. The van der Waals surface area contributed by atoms with E-state index in [9.17, 15) is 0 Å². The fourth-order valence-electron chi connectivity index (χ4n) is 3.57. The number of rotatable bonds is 16. The first-order valence-corrected chi connectivity index (χ1v) is 12.2. The van der Waals surface area contributed by atoms with E-state index >= 15 is 0 Å². The number of nitrogens with zero attached hydrogens (tertiary/aromatic N) is 1. The molecule has 0 atom stereocenters. The molecule has 0 aromatic heterocycles. The first-order valence-electron chi connectivity index (χ1n) is 12.2. The summed E-state index contributed by atoms with van der Waals surface area (Å²) >= 11 is 0. The van der Waals surface area contributed by atoms with Crippen LogP contribution in [0.3, 0.4) is 0 Å². The Bertz CT molecular complexity index is 688. The van der Waals surface area contributed by atoms with Crippen LogP contribution < -0.4 is 4.74 Å². The number of unbranched alkanes of at least 4 members (excludes halogenated alkanes) is 10. The minimum Gasteiger partial charge on any atom is -0.494 e. The lowest BCUT2D eigenvalue weighted by Gasteiger charge is -2.06. The zero-order valence-corrected chi connectivity index (χ0v) is 19.2. The predicted molar refractivity (Wildman–Crippen MR) is 131 cm³/mol. The van der Waals surface area contributed by atoms with E-state index in [1.807, 2.05) is 18.3 Å². The van der Waals surface area contributed by atoms with Crippen molar-refractivity contribution in [2.45, 2.75) is 90.9 Å². The number of ether oxygens (including phenoxy) is 1. The third-order valence-corrected chi connectivity index (χ3v) is 5.60. The smallest absolute Gasteiger partial charge is 0.119 e. The van der Waals surface area contributed by atoms with E-state index in [1.54, 1.807) is 0 Å². The molecular weight excluding hydrogens is 366 g/mol. The van der Waals surface area contributed by atoms with Gasteiger partial charge in [0.25, 0.3) is 0 Å². The van der Waals surface area contributed by atoms with Crippen molar-refractivity contribution in [3.63, 3.8) is 0 Å². The summed E-state index contributed by atoms with van der Waals surface area (Å²) in [5, 5.41) is 0. The average molecular weight is 408 g/mol. The van der Waals surface area contributed by atoms with Crippen LogP contribution in [0.5, 0.6) is 5.75 Å². The summed E-state index contributed by atoms with van der Waals surface area (Å²) in [4.78, 5) is 4.55. The van der Waals surface area contributed by atoms with Crippen molar-refractivity contribution >= 4 is 11.9 Å². The Morgan fingerprint density at radius 1 is 0.667 bits per heavy atom. The number of aryl methyl sites for hydroxylation is 1. The molecule has 0 saturated heterocycles. The highest BCUT2D eigenvalue weighted by molar-refractivity contribution is 5.82. The molecular formula is C28H41NO. The fraction of sp³-hybridized carbons (Fsp3) is 0.536. The van der Waals surface area contributed by atoms with Gasteiger partial charge < -0.3 is 4.74 Å². The maximum Gasteiger partial charge on any atom is 0.119 e. The lowest BCUT2D eigenvalue weighted by molar-refractivity contribution is 0.304. The molecule has 0 radical (unpaired) electrons. The zero-order chi connectivity index (χ0) is 21.3. The summed E-state index contributed by atoms with van der Waals surface area (Å²) in [6.45, 7) is 5.26. The Morgan fingerprint density at radius 2 is 1.23 bits per heavy atom. The van der Waals surface area contributed by atoms with E-state index in [0.717, 1.165) is 36.4 Å². The quantitative estimate of drug-likeness (QED) is 0.201. The van der Waals surface area contributed by atoms with Gasteiger partial charge in [-0.1, -0.05) is 90.2 Å². The lowest BCUT2D eigenvalue weighted by atomic mass is 10.1. The molecule has 2 aromatic carbocycles. The molecule has 0 unspecified atom stereocenters. The van der Waals surface area contributed by atoms with Crippen LogP contribution in [0.15, 0.2) is 53.5 Å². The van der Waals surface area contributed by atoms with Crippen LogP contribution in [0.1, 0.15) is 95.6 Å². The highest BCUT2D eigenvalue weighted by Crippen LogP contribution is 2.16. The molecule has 2 nitrogen and oxygen atoms in total. The predicted octanol–water partition coefficient (Wildman–Crippen LogP) is 8.69. The van der Waals surface area contributed by atoms with Crippen molar-refractivity contribution in [3.05, 3.63) is 59.7 Å². The lowest BCUT2D eigenvalue weighted by Crippen LogP contribution is -1.97. The minimum absolute atomic E-state index is 0.814. The van der Waals surface area contributed by atoms with E-state index in [0.29, 0.717) is 0 Å². The zero-order valence-electron chi connectivity index (χ0n) is 19.2. The summed E-state index contributed by atoms with van der Waals surface area (Å²) < 4.78 is 5.89. The SMILES string of the molecule is CCCCCCCCCCCCCOc1ccc(C=Nc2ccc(CC)cc2)cc1. The van der Waals surface area contributed by atoms with E-state index in [4.69, 9.17) is 4.74 Å². The van der Waals surface area contributed by atoms with Crippen molar-refractivity contribution < 1.29 is 4.74 Å². The molecule has 0 amide bonds. The van der Waals surface area contributed by atoms with Crippen LogP contribution in [-0.2, 0) is 6.42 Å².